The third kappa shape index (κ3) is 3.56. The molecule has 0 fully saturated rings. The molecule has 160 valence electrons. The number of H-pyrrole nitrogens is 1. The SMILES string of the molecule is COC(OC)C1(C)CN=C(c2cc3cccc(N(C)S(=O)(=O)c4cccs4)c3[nH]2)S1. The molecule has 0 amide bonds. The fourth-order valence-corrected chi connectivity index (χ4v) is 7.14. The normalized spacial score (nSPS) is 19.6. The molecule has 1 aliphatic rings. The lowest BCUT2D eigenvalue weighted by Crippen LogP contribution is -2.40. The summed E-state index contributed by atoms with van der Waals surface area (Å²) in [4.78, 5) is 8.07. The summed E-state index contributed by atoms with van der Waals surface area (Å²) in [7, 11) is 1.20. The van der Waals surface area contributed by atoms with Crippen LogP contribution in [0.1, 0.15) is 12.6 Å². The summed E-state index contributed by atoms with van der Waals surface area (Å²) in [5.74, 6) is 0. The lowest BCUT2D eigenvalue weighted by Gasteiger charge is -2.29. The topological polar surface area (TPSA) is 84.0 Å². The van der Waals surface area contributed by atoms with E-state index in [2.05, 4.69) is 11.9 Å². The van der Waals surface area contributed by atoms with Crippen molar-refractivity contribution < 1.29 is 17.9 Å². The number of sulfonamides is 1. The number of hydrogen-bond acceptors (Lipinski definition) is 7. The number of anilines is 1. The number of hydrogen-bond donors (Lipinski definition) is 1. The molecule has 0 bridgehead atoms. The minimum absolute atomic E-state index is 0.311. The predicted octanol–water partition coefficient (Wildman–Crippen LogP) is 3.93. The van der Waals surface area contributed by atoms with E-state index < -0.39 is 10.0 Å². The van der Waals surface area contributed by atoms with Gasteiger partial charge in [-0.25, -0.2) is 8.42 Å². The number of fused-ring (bicyclic) bond motifs is 1. The quantitative estimate of drug-likeness (QED) is 0.535. The molecule has 4 rings (SSSR count). The van der Waals surface area contributed by atoms with Gasteiger partial charge < -0.3 is 14.5 Å². The Morgan fingerprint density at radius 2 is 2.00 bits per heavy atom. The molecule has 3 heterocycles. The van der Waals surface area contributed by atoms with Crippen LogP contribution >= 0.6 is 23.1 Å². The van der Waals surface area contributed by atoms with Crippen LogP contribution in [0, 0.1) is 0 Å². The summed E-state index contributed by atoms with van der Waals surface area (Å²) in [6.45, 7) is 2.62. The molecule has 30 heavy (non-hydrogen) atoms. The Balaban J connectivity index is 1.69. The second kappa shape index (κ2) is 8.01. The first-order valence-electron chi connectivity index (χ1n) is 9.24. The molecule has 1 N–H and O–H groups in total. The number of aliphatic imine (C=N–C) groups is 1. The Labute approximate surface area is 184 Å². The molecule has 2 aromatic heterocycles. The number of nitrogens with one attached hydrogen (secondary N) is 1. The standard InChI is InChI=1S/C20H23N3O4S3/c1-20(19(26-3)27-4)12-21-18(29-20)14-11-13-7-5-8-15(17(13)22-14)23(2)30(24,25)16-9-6-10-28-16/h5-11,19,22H,12H2,1-4H3. The average Bonchev–Trinajstić information content (AvgIpc) is 3.47. The maximum atomic E-state index is 13.0. The van der Waals surface area contributed by atoms with Crippen LogP contribution in [0.3, 0.4) is 0 Å². The van der Waals surface area contributed by atoms with Crippen LogP contribution < -0.4 is 4.31 Å². The van der Waals surface area contributed by atoms with Crippen LogP contribution in [0.2, 0.25) is 0 Å². The summed E-state index contributed by atoms with van der Waals surface area (Å²) < 4.78 is 38.2. The minimum atomic E-state index is -3.62. The zero-order chi connectivity index (χ0) is 21.5. The van der Waals surface area contributed by atoms with Crippen molar-refractivity contribution >= 4 is 54.8 Å². The molecule has 1 aliphatic heterocycles. The average molecular weight is 466 g/mol. The predicted molar refractivity (Wildman–Crippen MR) is 123 cm³/mol. The second-order valence-electron chi connectivity index (χ2n) is 7.17. The van der Waals surface area contributed by atoms with E-state index in [4.69, 9.17) is 14.5 Å². The summed E-state index contributed by atoms with van der Waals surface area (Å²) in [5, 5.41) is 3.53. The van der Waals surface area contributed by atoms with Crippen molar-refractivity contribution in [1.29, 1.82) is 0 Å². The van der Waals surface area contributed by atoms with Crippen molar-refractivity contribution in [3.63, 3.8) is 0 Å². The number of rotatable bonds is 7. The zero-order valence-corrected chi connectivity index (χ0v) is 19.5. The summed E-state index contributed by atoms with van der Waals surface area (Å²) in [5.41, 5.74) is 2.19. The van der Waals surface area contributed by atoms with Crippen LogP contribution in [-0.4, -0.2) is 57.3 Å². The molecule has 0 radical (unpaired) electrons. The van der Waals surface area contributed by atoms with Gasteiger partial charge in [-0.2, -0.15) is 0 Å². The molecular formula is C20H23N3O4S3. The van der Waals surface area contributed by atoms with Crippen LogP contribution in [0.4, 0.5) is 5.69 Å². The van der Waals surface area contributed by atoms with Crippen LogP contribution in [0.5, 0.6) is 0 Å². The molecule has 10 heteroatoms. The van der Waals surface area contributed by atoms with Crippen molar-refractivity contribution in [2.75, 3.05) is 32.1 Å². The van der Waals surface area contributed by atoms with Gasteiger partial charge in [0.25, 0.3) is 10.0 Å². The molecule has 0 saturated heterocycles. The Morgan fingerprint density at radius 1 is 1.23 bits per heavy atom. The maximum absolute atomic E-state index is 13.0. The second-order valence-corrected chi connectivity index (χ2v) is 11.8. The van der Waals surface area contributed by atoms with Crippen molar-refractivity contribution in [3.05, 3.63) is 47.5 Å². The van der Waals surface area contributed by atoms with Gasteiger partial charge in [-0.3, -0.25) is 9.30 Å². The molecule has 1 atom stereocenters. The largest absolute Gasteiger partial charge is 0.354 e. The summed E-state index contributed by atoms with van der Waals surface area (Å²) >= 11 is 2.80. The summed E-state index contributed by atoms with van der Waals surface area (Å²) in [6.07, 6.45) is -0.384. The van der Waals surface area contributed by atoms with Gasteiger partial charge >= 0.3 is 0 Å². The monoisotopic (exact) mass is 465 g/mol. The van der Waals surface area contributed by atoms with Gasteiger partial charge in [-0.05, 0) is 30.5 Å². The number of methoxy groups -OCH3 is 2. The highest BCUT2D eigenvalue weighted by atomic mass is 32.2. The van der Waals surface area contributed by atoms with E-state index in [9.17, 15) is 8.42 Å². The molecule has 1 aromatic carbocycles. The van der Waals surface area contributed by atoms with Crippen molar-refractivity contribution in [3.8, 4) is 0 Å². The summed E-state index contributed by atoms with van der Waals surface area (Å²) in [6, 6.07) is 11.0. The van der Waals surface area contributed by atoms with Crippen LogP contribution in [-0.2, 0) is 19.5 Å². The van der Waals surface area contributed by atoms with Gasteiger partial charge in [0.15, 0.2) is 6.29 Å². The Kier molecular flexibility index (Phi) is 5.71. The highest BCUT2D eigenvalue weighted by Crippen LogP contribution is 2.40. The number of nitrogens with zero attached hydrogens (tertiary/aromatic N) is 2. The number of aromatic nitrogens is 1. The number of para-hydroxylation sites is 1. The van der Waals surface area contributed by atoms with Crippen LogP contribution in [0.25, 0.3) is 10.9 Å². The van der Waals surface area contributed by atoms with Crippen molar-refractivity contribution in [1.82, 2.24) is 4.98 Å². The molecule has 0 saturated carbocycles. The maximum Gasteiger partial charge on any atom is 0.273 e. The molecular weight excluding hydrogens is 442 g/mol. The number of thioether (sulfide) groups is 1. The Bertz CT molecular complexity index is 1180. The third-order valence-corrected chi connectivity index (χ3v) is 9.58. The van der Waals surface area contributed by atoms with E-state index in [1.54, 1.807) is 56.6 Å². The van der Waals surface area contributed by atoms with E-state index in [1.807, 2.05) is 18.2 Å². The molecule has 7 nitrogen and oxygen atoms in total. The first-order chi connectivity index (χ1) is 14.3. The smallest absolute Gasteiger partial charge is 0.273 e. The number of aromatic amines is 1. The molecule has 0 aliphatic carbocycles. The van der Waals surface area contributed by atoms with Gasteiger partial charge in [0.2, 0.25) is 0 Å². The van der Waals surface area contributed by atoms with E-state index >= 15 is 0 Å². The molecule has 3 aromatic rings. The van der Waals surface area contributed by atoms with Gasteiger partial charge in [0, 0.05) is 26.7 Å². The van der Waals surface area contributed by atoms with Crippen molar-refractivity contribution in [2.45, 2.75) is 22.2 Å². The zero-order valence-electron chi connectivity index (χ0n) is 17.1. The van der Waals surface area contributed by atoms with Crippen LogP contribution in [0.15, 0.2) is 51.0 Å². The fourth-order valence-electron chi connectivity index (χ4n) is 3.56. The lowest BCUT2D eigenvalue weighted by molar-refractivity contribution is -0.119. The van der Waals surface area contributed by atoms with E-state index in [0.717, 1.165) is 21.6 Å². The Morgan fingerprint density at radius 3 is 2.67 bits per heavy atom. The lowest BCUT2D eigenvalue weighted by atomic mass is 10.1. The van der Waals surface area contributed by atoms with Gasteiger partial charge in [-0.15, -0.1) is 11.3 Å². The fraction of sp³-hybridized carbons (Fsp3) is 0.350. The molecule has 0 spiro atoms. The number of ether oxygens (including phenoxy) is 2. The Hall–Kier alpha value is -1.85. The first-order valence-corrected chi connectivity index (χ1v) is 12.4. The first kappa shape index (κ1) is 21.4. The van der Waals surface area contributed by atoms with Gasteiger partial charge in [0.05, 0.1) is 28.2 Å². The highest BCUT2D eigenvalue weighted by molar-refractivity contribution is 8.15. The van der Waals surface area contributed by atoms with E-state index in [1.165, 1.54) is 15.6 Å². The van der Waals surface area contributed by atoms with E-state index in [-0.39, 0.29) is 11.0 Å². The van der Waals surface area contributed by atoms with Gasteiger partial charge in [-0.1, -0.05) is 30.0 Å². The highest BCUT2D eigenvalue weighted by Gasteiger charge is 2.41. The minimum Gasteiger partial charge on any atom is -0.354 e. The number of thiophene rings is 1. The van der Waals surface area contributed by atoms with E-state index in [0.29, 0.717) is 16.4 Å². The third-order valence-electron chi connectivity index (χ3n) is 5.11. The van der Waals surface area contributed by atoms with Gasteiger partial charge in [0.1, 0.15) is 9.25 Å². The van der Waals surface area contributed by atoms with Crippen molar-refractivity contribution in [2.24, 2.45) is 4.99 Å². The molecule has 1 unspecified atom stereocenters. The number of benzene rings is 1.